The molecule has 10 heavy (non-hydrogen) atoms. The third kappa shape index (κ3) is 4.00. The first-order valence-corrected chi connectivity index (χ1v) is 4.34. The lowest BCUT2D eigenvalue weighted by molar-refractivity contribution is 0.571. The molecule has 2 heteroatoms. The minimum absolute atomic E-state index is 0.0603. The van der Waals surface area contributed by atoms with E-state index in [0.717, 1.165) is 12.1 Å². The summed E-state index contributed by atoms with van der Waals surface area (Å²) in [5.41, 5.74) is 1.44. The normalized spacial score (nSPS) is 14.9. The minimum Gasteiger partial charge on any atom is -0.309 e. The van der Waals surface area contributed by atoms with Gasteiger partial charge in [0.15, 0.2) is 0 Å². The van der Waals surface area contributed by atoms with E-state index in [2.05, 4.69) is 36.9 Å². The molecule has 0 aromatic carbocycles. The van der Waals surface area contributed by atoms with Crippen LogP contribution in [0, 0.1) is 10.8 Å². The van der Waals surface area contributed by atoms with Gasteiger partial charge in [-0.25, -0.2) is 0 Å². The molecule has 0 spiro atoms. The molecule has 1 N–H and O–H groups in total. The molecular weight excluding hydrogens is 141 g/mol. The summed E-state index contributed by atoms with van der Waals surface area (Å²) in [7, 11) is 2.72. The second-order valence-electron chi connectivity index (χ2n) is 3.91. The van der Waals surface area contributed by atoms with Crippen LogP contribution in [0.2, 0.25) is 0 Å². The van der Waals surface area contributed by atoms with Crippen molar-refractivity contribution in [2.24, 2.45) is 5.41 Å². The van der Waals surface area contributed by atoms with E-state index in [-0.39, 0.29) is 5.41 Å². The second-order valence-corrected chi connectivity index (χ2v) is 5.05. The van der Waals surface area contributed by atoms with Crippen molar-refractivity contribution in [1.29, 1.82) is 5.41 Å². The first-order valence-electron chi connectivity index (χ1n) is 3.67. The van der Waals surface area contributed by atoms with Crippen LogP contribution in [0.5, 0.6) is 0 Å². The Morgan fingerprint density at radius 2 is 1.90 bits per heavy atom. The summed E-state index contributed by atoms with van der Waals surface area (Å²) >= 11 is 0. The van der Waals surface area contributed by atoms with Crippen LogP contribution >= 0.6 is 9.24 Å². The van der Waals surface area contributed by atoms with Crippen molar-refractivity contribution in [2.45, 2.75) is 39.8 Å². The SMILES string of the molecule is CC(P)CC(=N)C(C)(C)C. The largest absolute Gasteiger partial charge is 0.309 e. The van der Waals surface area contributed by atoms with Crippen molar-refractivity contribution < 1.29 is 0 Å². The first kappa shape index (κ1) is 10.1. The fourth-order valence-electron chi connectivity index (χ4n) is 0.628. The molecule has 0 fully saturated rings. The summed E-state index contributed by atoms with van der Waals surface area (Å²) in [5, 5.41) is 7.66. The van der Waals surface area contributed by atoms with Gasteiger partial charge in [0.1, 0.15) is 0 Å². The monoisotopic (exact) mass is 159 g/mol. The number of hydrogen-bond acceptors (Lipinski definition) is 1. The number of hydrogen-bond donors (Lipinski definition) is 1. The third-order valence-corrected chi connectivity index (χ3v) is 1.67. The van der Waals surface area contributed by atoms with Gasteiger partial charge in [-0.3, -0.25) is 0 Å². The zero-order chi connectivity index (χ0) is 8.36. The maximum absolute atomic E-state index is 7.66. The van der Waals surface area contributed by atoms with Crippen LogP contribution < -0.4 is 0 Å². The average molecular weight is 159 g/mol. The smallest absolute Gasteiger partial charge is 0.0149 e. The summed E-state index contributed by atoms with van der Waals surface area (Å²) in [4.78, 5) is 0. The van der Waals surface area contributed by atoms with E-state index in [1.165, 1.54) is 0 Å². The quantitative estimate of drug-likeness (QED) is 0.473. The van der Waals surface area contributed by atoms with Crippen molar-refractivity contribution in [3.8, 4) is 0 Å². The van der Waals surface area contributed by atoms with Crippen molar-refractivity contribution >= 4 is 15.0 Å². The highest BCUT2D eigenvalue weighted by atomic mass is 31.0. The topological polar surface area (TPSA) is 23.9 Å². The Morgan fingerprint density at radius 1 is 1.50 bits per heavy atom. The minimum atomic E-state index is 0.0603. The fourth-order valence-corrected chi connectivity index (χ4v) is 0.864. The molecule has 1 nitrogen and oxygen atoms in total. The lowest BCUT2D eigenvalue weighted by atomic mass is 9.87. The molecule has 2 unspecified atom stereocenters. The van der Waals surface area contributed by atoms with E-state index < -0.39 is 0 Å². The van der Waals surface area contributed by atoms with Crippen LogP contribution in [-0.2, 0) is 0 Å². The van der Waals surface area contributed by atoms with E-state index in [1.807, 2.05) is 0 Å². The van der Waals surface area contributed by atoms with Crippen LogP contribution in [0.25, 0.3) is 0 Å². The Kier molecular flexibility index (Phi) is 3.51. The zero-order valence-corrected chi connectivity index (χ0v) is 8.52. The summed E-state index contributed by atoms with van der Waals surface area (Å²) < 4.78 is 0. The summed E-state index contributed by atoms with van der Waals surface area (Å²) in [6.07, 6.45) is 0.897. The molecule has 0 aromatic heterocycles. The Balaban J connectivity index is 3.87. The first-order chi connectivity index (χ1) is 4.34. The maximum atomic E-state index is 7.66. The van der Waals surface area contributed by atoms with Crippen LogP contribution in [-0.4, -0.2) is 11.4 Å². The molecule has 0 aliphatic rings. The van der Waals surface area contributed by atoms with Crippen molar-refractivity contribution in [2.75, 3.05) is 0 Å². The highest BCUT2D eigenvalue weighted by Gasteiger charge is 2.17. The Labute approximate surface area is 66.3 Å². The van der Waals surface area contributed by atoms with Gasteiger partial charge in [-0.05, 0) is 17.5 Å². The number of rotatable bonds is 2. The maximum Gasteiger partial charge on any atom is 0.0149 e. The number of nitrogens with one attached hydrogen (secondary N) is 1. The zero-order valence-electron chi connectivity index (χ0n) is 7.36. The second kappa shape index (κ2) is 3.48. The molecule has 0 rings (SSSR count). The van der Waals surface area contributed by atoms with Gasteiger partial charge in [-0.2, -0.15) is 0 Å². The summed E-state index contributed by atoms with van der Waals surface area (Å²) in [5.74, 6) is 0. The standard InChI is InChI=1S/C8H18NP/c1-6(10)5-7(9)8(2,3)4/h6,9H,5,10H2,1-4H3. The van der Waals surface area contributed by atoms with Crippen LogP contribution in [0.3, 0.4) is 0 Å². The van der Waals surface area contributed by atoms with Gasteiger partial charge in [0.25, 0.3) is 0 Å². The van der Waals surface area contributed by atoms with Crippen LogP contribution in [0.4, 0.5) is 0 Å². The van der Waals surface area contributed by atoms with E-state index in [9.17, 15) is 0 Å². The molecule has 0 aromatic rings. The predicted molar refractivity (Wildman–Crippen MR) is 51.0 cm³/mol. The van der Waals surface area contributed by atoms with Gasteiger partial charge < -0.3 is 5.41 Å². The highest BCUT2D eigenvalue weighted by molar-refractivity contribution is 7.17. The lowest BCUT2D eigenvalue weighted by Crippen LogP contribution is -2.21. The van der Waals surface area contributed by atoms with E-state index in [4.69, 9.17) is 5.41 Å². The van der Waals surface area contributed by atoms with E-state index in [0.29, 0.717) is 5.66 Å². The Morgan fingerprint density at radius 3 is 2.00 bits per heavy atom. The van der Waals surface area contributed by atoms with Crippen molar-refractivity contribution in [3.05, 3.63) is 0 Å². The Bertz CT molecular complexity index is 122. The molecule has 0 amide bonds. The molecule has 0 saturated heterocycles. The van der Waals surface area contributed by atoms with Gasteiger partial charge in [-0.1, -0.05) is 27.7 Å². The van der Waals surface area contributed by atoms with E-state index >= 15 is 0 Å². The summed E-state index contributed by atoms with van der Waals surface area (Å²) in [6, 6.07) is 0. The fraction of sp³-hybridized carbons (Fsp3) is 0.875. The highest BCUT2D eigenvalue weighted by Crippen LogP contribution is 2.20. The van der Waals surface area contributed by atoms with Crippen molar-refractivity contribution in [1.82, 2.24) is 0 Å². The Hall–Kier alpha value is 0.100. The van der Waals surface area contributed by atoms with Gasteiger partial charge in [0, 0.05) is 5.71 Å². The predicted octanol–water partition coefficient (Wildman–Crippen LogP) is 2.71. The van der Waals surface area contributed by atoms with Gasteiger partial charge in [0.2, 0.25) is 0 Å². The van der Waals surface area contributed by atoms with Gasteiger partial charge in [-0.15, -0.1) is 9.24 Å². The molecule has 0 saturated carbocycles. The molecule has 0 radical (unpaired) electrons. The molecule has 60 valence electrons. The molecule has 0 heterocycles. The van der Waals surface area contributed by atoms with Crippen LogP contribution in [0.15, 0.2) is 0 Å². The lowest BCUT2D eigenvalue weighted by Gasteiger charge is -2.20. The third-order valence-electron chi connectivity index (χ3n) is 1.43. The van der Waals surface area contributed by atoms with Crippen LogP contribution in [0.1, 0.15) is 34.1 Å². The van der Waals surface area contributed by atoms with Crippen molar-refractivity contribution in [3.63, 3.8) is 0 Å². The molecule has 0 bridgehead atoms. The molecular formula is C8H18NP. The average Bonchev–Trinajstić information content (AvgIpc) is 1.60. The van der Waals surface area contributed by atoms with Gasteiger partial charge in [0.05, 0.1) is 0 Å². The summed E-state index contributed by atoms with van der Waals surface area (Å²) in [6.45, 7) is 8.37. The van der Waals surface area contributed by atoms with Gasteiger partial charge >= 0.3 is 0 Å². The molecule has 0 aliphatic carbocycles. The molecule has 2 atom stereocenters. The van der Waals surface area contributed by atoms with E-state index in [1.54, 1.807) is 0 Å². The molecule has 0 aliphatic heterocycles.